The molecule has 1 amide bonds. The van der Waals surface area contributed by atoms with Crippen molar-refractivity contribution in [3.8, 4) is 11.5 Å². The van der Waals surface area contributed by atoms with E-state index in [0.29, 0.717) is 0 Å². The molecule has 162 valence electrons. The van der Waals surface area contributed by atoms with E-state index in [9.17, 15) is 4.79 Å². The summed E-state index contributed by atoms with van der Waals surface area (Å²) in [6, 6.07) is 15.7. The number of carbonyl (C=O) groups is 1. The third-order valence-corrected chi connectivity index (χ3v) is 6.17. The Hall–Kier alpha value is -2.79. The lowest BCUT2D eigenvalue weighted by molar-refractivity contribution is -0.132. The molecule has 0 N–H and O–H groups in total. The molecule has 1 saturated carbocycles. The smallest absolute Gasteiger partial charge is 0.261 e. The summed E-state index contributed by atoms with van der Waals surface area (Å²) in [5.74, 6) is 1.59. The molecule has 6 heteroatoms. The minimum atomic E-state index is -0.640. The number of alkyl halides is 1. The van der Waals surface area contributed by atoms with Gasteiger partial charge < -0.3 is 9.47 Å². The quantitative estimate of drug-likeness (QED) is 0.583. The zero-order chi connectivity index (χ0) is 22.0. The summed E-state index contributed by atoms with van der Waals surface area (Å²) < 4.78 is 10.6. The highest BCUT2D eigenvalue weighted by molar-refractivity contribution is 6.30. The van der Waals surface area contributed by atoms with E-state index < -0.39 is 5.38 Å². The van der Waals surface area contributed by atoms with Crippen LogP contribution < -0.4 is 9.47 Å². The Morgan fingerprint density at radius 2 is 1.71 bits per heavy atom. The fraction of sp³-hybridized carbons (Fsp3) is 0.360. The lowest BCUT2D eigenvalue weighted by Gasteiger charge is -2.30. The molecule has 1 aliphatic carbocycles. The van der Waals surface area contributed by atoms with Gasteiger partial charge in [-0.25, -0.2) is 5.01 Å². The molecule has 1 heterocycles. The number of ether oxygens (including phenoxy) is 2. The molecule has 2 aromatic rings. The second-order valence-electron chi connectivity index (χ2n) is 7.94. The number of allylic oxidation sites excluding steroid dienone is 1. The maximum Gasteiger partial charge on any atom is 0.261 e. The van der Waals surface area contributed by atoms with Crippen molar-refractivity contribution in [3.05, 3.63) is 65.2 Å². The highest BCUT2D eigenvalue weighted by Crippen LogP contribution is 2.45. The van der Waals surface area contributed by atoms with Gasteiger partial charge in [-0.3, -0.25) is 4.79 Å². The number of carbonyl (C=O) groups excluding carboxylic acids is 1. The van der Waals surface area contributed by atoms with E-state index in [1.165, 1.54) is 5.57 Å². The van der Waals surface area contributed by atoms with Gasteiger partial charge in [0.15, 0.2) is 0 Å². The molecule has 1 aliphatic heterocycles. The number of rotatable bonds is 5. The summed E-state index contributed by atoms with van der Waals surface area (Å²) in [6.45, 7) is 1.70. The Bertz CT molecular complexity index is 996. The number of methoxy groups -OCH3 is 2. The molecule has 0 spiro atoms. The van der Waals surface area contributed by atoms with Crippen molar-refractivity contribution < 1.29 is 14.3 Å². The van der Waals surface area contributed by atoms with Crippen LogP contribution in [0.15, 0.2) is 59.2 Å². The molecular weight excluding hydrogens is 412 g/mol. The van der Waals surface area contributed by atoms with Gasteiger partial charge in [0, 0.05) is 5.92 Å². The topological polar surface area (TPSA) is 51.1 Å². The van der Waals surface area contributed by atoms with Crippen LogP contribution in [0.1, 0.15) is 43.4 Å². The molecule has 2 aromatic carbocycles. The molecule has 5 nitrogen and oxygen atoms in total. The summed E-state index contributed by atoms with van der Waals surface area (Å²) in [6.07, 6.45) is 5.15. The molecule has 4 rings (SSSR count). The second kappa shape index (κ2) is 9.15. The van der Waals surface area contributed by atoms with Crippen molar-refractivity contribution in [2.24, 2.45) is 11.0 Å². The van der Waals surface area contributed by atoms with E-state index in [1.807, 2.05) is 48.5 Å². The number of hydrogen-bond donors (Lipinski definition) is 0. The second-order valence-corrected chi connectivity index (χ2v) is 8.60. The van der Waals surface area contributed by atoms with Crippen molar-refractivity contribution in [3.63, 3.8) is 0 Å². The lowest BCUT2D eigenvalue weighted by atomic mass is 9.77. The Balaban J connectivity index is 1.71. The van der Waals surface area contributed by atoms with Crippen LogP contribution in [0, 0.1) is 5.92 Å². The van der Waals surface area contributed by atoms with Gasteiger partial charge in [-0.2, -0.15) is 5.10 Å². The Morgan fingerprint density at radius 3 is 2.29 bits per heavy atom. The van der Waals surface area contributed by atoms with E-state index in [-0.39, 0.29) is 17.9 Å². The van der Waals surface area contributed by atoms with Crippen molar-refractivity contribution in [2.45, 2.75) is 37.6 Å². The Morgan fingerprint density at radius 1 is 1.10 bits per heavy atom. The molecule has 0 bridgehead atoms. The fourth-order valence-electron chi connectivity index (χ4n) is 4.40. The number of nitrogens with zero attached hydrogens (tertiary/aromatic N) is 2. The fourth-order valence-corrected chi connectivity index (χ4v) is 4.50. The summed E-state index contributed by atoms with van der Waals surface area (Å²) >= 11 is 6.19. The number of hydrogen-bond acceptors (Lipinski definition) is 4. The maximum atomic E-state index is 13.0. The van der Waals surface area contributed by atoms with Gasteiger partial charge in [0.25, 0.3) is 5.91 Å². The number of benzene rings is 2. The van der Waals surface area contributed by atoms with E-state index in [1.54, 1.807) is 26.2 Å². The third kappa shape index (κ3) is 4.33. The highest BCUT2D eigenvalue weighted by atomic mass is 35.5. The molecule has 3 atom stereocenters. The van der Waals surface area contributed by atoms with Crippen LogP contribution in [0.3, 0.4) is 0 Å². The first-order valence-electron chi connectivity index (χ1n) is 10.6. The van der Waals surface area contributed by atoms with E-state index >= 15 is 0 Å². The van der Waals surface area contributed by atoms with Crippen LogP contribution in [0.5, 0.6) is 11.5 Å². The standard InChI is InChI=1S/C25H27ClN2O3/c1-16(26)25(29)28-24(18-9-13-21(31-3)14-10-18)22-6-4-5-19(23(22)27-28)15-17-7-11-20(30-2)12-8-17/h7-16,22,24H,4-6H2,1-3H3/t16-,22-,24+/m1/s1. The first kappa shape index (κ1) is 21.4. The molecule has 0 unspecified atom stereocenters. The lowest BCUT2D eigenvalue weighted by Crippen LogP contribution is -2.35. The van der Waals surface area contributed by atoms with Crippen molar-refractivity contribution >= 4 is 29.3 Å². The summed E-state index contributed by atoms with van der Waals surface area (Å²) in [7, 11) is 3.31. The van der Waals surface area contributed by atoms with E-state index in [0.717, 1.165) is 47.6 Å². The SMILES string of the molecule is COc1ccc(C=C2CCC[C@@H]3C2=NN(C(=O)[C@@H](C)Cl)[C@H]3c2ccc(OC)cc2)cc1. The van der Waals surface area contributed by atoms with Crippen molar-refractivity contribution in [2.75, 3.05) is 14.2 Å². The minimum Gasteiger partial charge on any atom is -0.497 e. The van der Waals surface area contributed by atoms with Crippen LogP contribution in [-0.4, -0.2) is 36.2 Å². The Labute approximate surface area is 188 Å². The van der Waals surface area contributed by atoms with Gasteiger partial charge in [0.05, 0.1) is 26.0 Å². The van der Waals surface area contributed by atoms with Crippen LogP contribution in [0.25, 0.3) is 6.08 Å². The number of fused-ring (bicyclic) bond motifs is 1. The average Bonchev–Trinajstić information content (AvgIpc) is 3.19. The minimum absolute atomic E-state index is 0.144. The summed E-state index contributed by atoms with van der Waals surface area (Å²) in [5, 5.41) is 5.80. The maximum absolute atomic E-state index is 13.0. The van der Waals surface area contributed by atoms with Gasteiger partial charge in [0.1, 0.15) is 16.9 Å². The predicted molar refractivity (Wildman–Crippen MR) is 124 cm³/mol. The third-order valence-electron chi connectivity index (χ3n) is 5.98. The van der Waals surface area contributed by atoms with Crippen molar-refractivity contribution in [1.82, 2.24) is 5.01 Å². The Kier molecular flexibility index (Phi) is 6.33. The molecule has 1 fully saturated rings. The van der Waals surface area contributed by atoms with Gasteiger partial charge in [-0.1, -0.05) is 24.3 Å². The van der Waals surface area contributed by atoms with Crippen LogP contribution in [-0.2, 0) is 4.79 Å². The van der Waals surface area contributed by atoms with E-state index in [2.05, 4.69) is 6.08 Å². The average molecular weight is 439 g/mol. The first-order chi connectivity index (χ1) is 15.0. The summed E-state index contributed by atoms with van der Waals surface area (Å²) in [4.78, 5) is 13.0. The molecule has 0 aromatic heterocycles. The molecule has 0 saturated heterocycles. The molecule has 0 radical (unpaired) electrons. The largest absolute Gasteiger partial charge is 0.497 e. The van der Waals surface area contributed by atoms with Gasteiger partial charge >= 0.3 is 0 Å². The number of amides is 1. The summed E-state index contributed by atoms with van der Waals surface area (Å²) in [5.41, 5.74) is 4.31. The zero-order valence-corrected chi connectivity index (χ0v) is 18.8. The molecular formula is C25H27ClN2O3. The van der Waals surface area contributed by atoms with Crippen LogP contribution in [0.4, 0.5) is 0 Å². The van der Waals surface area contributed by atoms with Gasteiger partial charge in [-0.05, 0) is 73.2 Å². The number of hydrazone groups is 1. The predicted octanol–water partition coefficient (Wildman–Crippen LogP) is 5.45. The van der Waals surface area contributed by atoms with Gasteiger partial charge in [-0.15, -0.1) is 11.6 Å². The van der Waals surface area contributed by atoms with Crippen LogP contribution >= 0.6 is 11.6 Å². The zero-order valence-electron chi connectivity index (χ0n) is 18.0. The normalized spacial score (nSPS) is 22.6. The highest BCUT2D eigenvalue weighted by Gasteiger charge is 2.44. The molecule has 31 heavy (non-hydrogen) atoms. The van der Waals surface area contributed by atoms with Crippen molar-refractivity contribution in [1.29, 1.82) is 0 Å². The first-order valence-corrected chi connectivity index (χ1v) is 11.0. The monoisotopic (exact) mass is 438 g/mol. The van der Waals surface area contributed by atoms with E-state index in [4.69, 9.17) is 26.2 Å². The van der Waals surface area contributed by atoms with Gasteiger partial charge in [0.2, 0.25) is 0 Å². The van der Waals surface area contributed by atoms with Crippen LogP contribution in [0.2, 0.25) is 0 Å². The number of halogens is 1. The molecule has 2 aliphatic rings.